The number of hydrogen-bond donors (Lipinski definition) is 1. The van der Waals surface area contributed by atoms with E-state index in [0.717, 1.165) is 31.1 Å². The van der Waals surface area contributed by atoms with Gasteiger partial charge in [-0.3, -0.25) is 0 Å². The van der Waals surface area contributed by atoms with Gasteiger partial charge in [-0.15, -0.1) is 0 Å². The van der Waals surface area contributed by atoms with Crippen molar-refractivity contribution >= 4 is 27.6 Å². The van der Waals surface area contributed by atoms with Crippen LogP contribution in [0.4, 0.5) is 5.82 Å². The molecule has 0 radical (unpaired) electrons. The lowest BCUT2D eigenvalue weighted by atomic mass is 10.2. The Morgan fingerprint density at radius 2 is 1.79 bits per heavy atom. The summed E-state index contributed by atoms with van der Waals surface area (Å²) in [6.07, 6.45) is 1.45. The number of thioether (sulfide) groups is 1. The van der Waals surface area contributed by atoms with E-state index in [1.807, 2.05) is 18.8 Å². The van der Waals surface area contributed by atoms with E-state index in [-0.39, 0.29) is 4.90 Å². The number of rotatable bonds is 8. The number of nitrogens with zero attached hydrogens (tertiary/aromatic N) is 3. The second-order valence-corrected chi connectivity index (χ2v) is 10.1. The van der Waals surface area contributed by atoms with E-state index in [2.05, 4.69) is 46.4 Å². The van der Waals surface area contributed by atoms with Gasteiger partial charge >= 0.3 is 0 Å². The van der Waals surface area contributed by atoms with Gasteiger partial charge in [0.1, 0.15) is 10.7 Å². The van der Waals surface area contributed by atoms with Crippen LogP contribution < -0.4 is 5.32 Å². The number of anilines is 1. The van der Waals surface area contributed by atoms with E-state index in [1.54, 1.807) is 16.4 Å². The molecule has 0 bridgehead atoms. The monoisotopic (exact) mass is 420 g/mol. The third-order valence-corrected chi connectivity index (χ3v) is 7.69. The molecular formula is C20H28N4O2S2. The Morgan fingerprint density at radius 3 is 2.43 bits per heavy atom. The molecule has 1 N–H and O–H groups in total. The zero-order chi connectivity index (χ0) is 20.0. The Kier molecular flexibility index (Phi) is 7.34. The molecular weight excluding hydrogens is 392 g/mol. The summed E-state index contributed by atoms with van der Waals surface area (Å²) in [5, 5.41) is 3.26. The fraction of sp³-hybridized carbons (Fsp3) is 0.450. The molecule has 1 fully saturated rings. The summed E-state index contributed by atoms with van der Waals surface area (Å²) in [6, 6.07) is 12.0. The highest BCUT2D eigenvalue weighted by Gasteiger charge is 2.27. The van der Waals surface area contributed by atoms with Gasteiger partial charge in [0.2, 0.25) is 10.0 Å². The minimum atomic E-state index is -3.45. The topological polar surface area (TPSA) is 65.5 Å². The largest absolute Gasteiger partial charge is 0.369 e. The summed E-state index contributed by atoms with van der Waals surface area (Å²) >= 11 is 1.86. The molecule has 0 amide bonds. The average molecular weight is 421 g/mol. The van der Waals surface area contributed by atoms with Crippen LogP contribution in [0, 0.1) is 6.92 Å². The van der Waals surface area contributed by atoms with Gasteiger partial charge in [-0.25, -0.2) is 13.4 Å². The molecule has 1 aliphatic rings. The molecule has 0 atom stereocenters. The van der Waals surface area contributed by atoms with E-state index in [4.69, 9.17) is 0 Å². The molecule has 0 saturated carbocycles. The number of benzene rings is 1. The third kappa shape index (κ3) is 5.70. The Hall–Kier alpha value is -1.61. The van der Waals surface area contributed by atoms with Gasteiger partial charge in [-0.2, -0.15) is 16.1 Å². The smallest absolute Gasteiger partial charge is 0.244 e. The van der Waals surface area contributed by atoms with E-state index in [1.165, 1.54) is 17.3 Å². The van der Waals surface area contributed by atoms with Crippen LogP contribution in [0.3, 0.4) is 0 Å². The molecule has 2 heterocycles. The van der Waals surface area contributed by atoms with E-state index in [0.29, 0.717) is 18.9 Å². The van der Waals surface area contributed by atoms with Crippen LogP contribution in [0.25, 0.3) is 0 Å². The van der Waals surface area contributed by atoms with Crippen LogP contribution in [0.1, 0.15) is 11.1 Å². The van der Waals surface area contributed by atoms with Gasteiger partial charge in [-0.05, 0) is 31.7 Å². The fourth-order valence-electron chi connectivity index (χ4n) is 2.94. The highest BCUT2D eigenvalue weighted by Crippen LogP contribution is 2.18. The fourth-order valence-corrected chi connectivity index (χ4v) is 5.13. The first-order valence-electron chi connectivity index (χ1n) is 9.47. The molecule has 8 heteroatoms. The second kappa shape index (κ2) is 9.73. The number of pyridine rings is 1. The van der Waals surface area contributed by atoms with Crippen molar-refractivity contribution in [2.24, 2.45) is 0 Å². The molecule has 1 aliphatic heterocycles. The maximum Gasteiger partial charge on any atom is 0.244 e. The number of likely N-dealkylation sites (N-methyl/N-ethyl adjacent to an activating group) is 1. The van der Waals surface area contributed by atoms with Crippen molar-refractivity contribution in [2.45, 2.75) is 17.6 Å². The molecule has 1 aromatic carbocycles. The zero-order valence-corrected chi connectivity index (χ0v) is 18.1. The first-order valence-corrected chi connectivity index (χ1v) is 12.1. The lowest BCUT2D eigenvalue weighted by Crippen LogP contribution is -2.47. The summed E-state index contributed by atoms with van der Waals surface area (Å²) < 4.78 is 26.9. The first-order chi connectivity index (χ1) is 13.4. The molecule has 3 rings (SSSR count). The highest BCUT2D eigenvalue weighted by molar-refractivity contribution is 7.98. The number of nitrogens with one attached hydrogen (secondary N) is 1. The van der Waals surface area contributed by atoms with Crippen LogP contribution >= 0.6 is 11.8 Å². The van der Waals surface area contributed by atoms with Crippen molar-refractivity contribution in [3.63, 3.8) is 0 Å². The molecule has 0 unspecified atom stereocenters. The van der Waals surface area contributed by atoms with Crippen molar-refractivity contribution in [1.29, 1.82) is 0 Å². The van der Waals surface area contributed by atoms with Gasteiger partial charge in [0.05, 0.1) is 0 Å². The highest BCUT2D eigenvalue weighted by atomic mass is 32.2. The number of hydrogen-bond acceptors (Lipinski definition) is 6. The number of aryl methyl sites for hydroxylation is 1. The van der Waals surface area contributed by atoms with Gasteiger partial charge in [0.25, 0.3) is 0 Å². The van der Waals surface area contributed by atoms with Gasteiger partial charge in [0, 0.05) is 50.4 Å². The van der Waals surface area contributed by atoms with Gasteiger partial charge in [-0.1, -0.05) is 29.8 Å². The summed E-state index contributed by atoms with van der Waals surface area (Å²) in [7, 11) is -1.45. The van der Waals surface area contributed by atoms with Crippen molar-refractivity contribution in [3.8, 4) is 0 Å². The summed E-state index contributed by atoms with van der Waals surface area (Å²) in [5.74, 6) is 2.64. The van der Waals surface area contributed by atoms with E-state index in [9.17, 15) is 8.42 Å². The molecule has 28 heavy (non-hydrogen) atoms. The summed E-state index contributed by atoms with van der Waals surface area (Å²) in [6.45, 7) is 5.44. The normalized spacial score (nSPS) is 16.2. The van der Waals surface area contributed by atoms with Crippen molar-refractivity contribution < 1.29 is 8.42 Å². The van der Waals surface area contributed by atoms with Crippen molar-refractivity contribution in [3.05, 3.63) is 53.7 Å². The number of sulfonamides is 1. The molecule has 2 aromatic rings. The summed E-state index contributed by atoms with van der Waals surface area (Å²) in [5.41, 5.74) is 2.60. The minimum Gasteiger partial charge on any atom is -0.369 e. The lowest BCUT2D eigenvalue weighted by Gasteiger charge is -2.31. The van der Waals surface area contributed by atoms with Gasteiger partial charge in [0.15, 0.2) is 0 Å². The van der Waals surface area contributed by atoms with Gasteiger partial charge < -0.3 is 10.2 Å². The van der Waals surface area contributed by atoms with Crippen LogP contribution in [0.2, 0.25) is 0 Å². The van der Waals surface area contributed by atoms with Crippen LogP contribution in [-0.4, -0.2) is 68.1 Å². The van der Waals surface area contributed by atoms with Crippen LogP contribution in [0.15, 0.2) is 47.5 Å². The van der Waals surface area contributed by atoms with E-state index >= 15 is 0 Å². The minimum absolute atomic E-state index is 0.261. The third-order valence-electron chi connectivity index (χ3n) is 4.78. The second-order valence-electron chi connectivity index (χ2n) is 7.05. The standard InChI is InChI=1S/C20H28N4O2S2/c1-17-3-5-18(6-4-17)16-27-14-9-21-20-8-7-19(15-22-20)28(25,26)24-12-10-23(2)11-13-24/h3-8,15H,9-14,16H2,1-2H3,(H,21,22). The predicted octanol–water partition coefficient (Wildman–Crippen LogP) is 2.67. The van der Waals surface area contributed by atoms with Crippen LogP contribution in [-0.2, 0) is 15.8 Å². The molecule has 0 aliphatic carbocycles. The van der Waals surface area contributed by atoms with Crippen LogP contribution in [0.5, 0.6) is 0 Å². The Morgan fingerprint density at radius 1 is 1.07 bits per heavy atom. The molecule has 1 aromatic heterocycles. The SMILES string of the molecule is Cc1ccc(CSCCNc2ccc(S(=O)(=O)N3CCN(C)CC3)cn2)cc1. The Bertz CT molecular complexity index is 847. The number of piperazine rings is 1. The Balaban J connectivity index is 1.44. The van der Waals surface area contributed by atoms with Crippen molar-refractivity contribution in [1.82, 2.24) is 14.2 Å². The maximum atomic E-state index is 12.7. The molecule has 6 nitrogen and oxygen atoms in total. The summed E-state index contributed by atoms with van der Waals surface area (Å²) in [4.78, 5) is 6.68. The number of aromatic nitrogens is 1. The zero-order valence-electron chi connectivity index (χ0n) is 16.5. The molecule has 0 spiro atoms. The quantitative estimate of drug-likeness (QED) is 0.663. The van der Waals surface area contributed by atoms with E-state index < -0.39 is 10.0 Å². The first kappa shape index (κ1) is 21.1. The molecule has 152 valence electrons. The lowest BCUT2D eigenvalue weighted by molar-refractivity contribution is 0.222. The molecule has 1 saturated heterocycles. The predicted molar refractivity (Wildman–Crippen MR) is 116 cm³/mol. The Labute approximate surface area is 172 Å². The average Bonchev–Trinajstić information content (AvgIpc) is 2.70. The maximum absolute atomic E-state index is 12.7. The van der Waals surface area contributed by atoms with Crippen molar-refractivity contribution in [2.75, 3.05) is 50.8 Å².